The first-order valence-corrected chi connectivity index (χ1v) is 8.67. The van der Waals surface area contributed by atoms with Crippen molar-refractivity contribution in [2.45, 2.75) is 26.7 Å². The fourth-order valence-corrected chi connectivity index (χ4v) is 3.21. The van der Waals surface area contributed by atoms with Crippen molar-refractivity contribution in [3.8, 4) is 0 Å². The molecule has 0 amide bonds. The molecule has 0 saturated carbocycles. The van der Waals surface area contributed by atoms with Crippen molar-refractivity contribution in [1.82, 2.24) is 19.3 Å². The summed E-state index contributed by atoms with van der Waals surface area (Å²) in [5.41, 5.74) is 0.735. The van der Waals surface area contributed by atoms with Crippen molar-refractivity contribution >= 4 is 21.8 Å². The van der Waals surface area contributed by atoms with Crippen LogP contribution in [-0.4, -0.2) is 19.3 Å². The molecule has 0 atom stereocenters. The highest BCUT2D eigenvalue weighted by Gasteiger charge is 2.17. The Kier molecular flexibility index (Phi) is 3.88. The number of aromatic nitrogens is 4. The molecule has 4 rings (SSSR count). The quantitative estimate of drug-likeness (QED) is 0.572. The Morgan fingerprint density at radius 2 is 1.08 bits per heavy atom. The fourth-order valence-electron chi connectivity index (χ4n) is 3.21. The van der Waals surface area contributed by atoms with Gasteiger partial charge in [-0.3, -0.25) is 9.59 Å². The van der Waals surface area contributed by atoms with Crippen LogP contribution in [0.1, 0.15) is 25.5 Å². The van der Waals surface area contributed by atoms with Crippen molar-refractivity contribution < 1.29 is 0 Å². The second-order valence-electron chi connectivity index (χ2n) is 6.03. The summed E-state index contributed by atoms with van der Waals surface area (Å²) in [5.74, 6) is 1.06. The van der Waals surface area contributed by atoms with Gasteiger partial charge in [-0.2, -0.15) is 9.35 Å². The molecule has 6 nitrogen and oxygen atoms in total. The van der Waals surface area contributed by atoms with E-state index in [1.807, 2.05) is 38.1 Å². The van der Waals surface area contributed by atoms with E-state index in [4.69, 9.17) is 0 Å². The summed E-state index contributed by atoms with van der Waals surface area (Å²) < 4.78 is 2.76. The Labute approximate surface area is 149 Å². The van der Waals surface area contributed by atoms with Crippen molar-refractivity contribution in [3.05, 3.63) is 80.9 Å². The normalized spacial score (nSPS) is 11.3. The van der Waals surface area contributed by atoms with Gasteiger partial charge in [-0.1, -0.05) is 38.1 Å². The van der Waals surface area contributed by atoms with Crippen LogP contribution in [-0.2, 0) is 12.8 Å². The summed E-state index contributed by atoms with van der Waals surface area (Å²) in [6.45, 7) is 3.83. The van der Waals surface area contributed by atoms with E-state index >= 15 is 0 Å². The van der Waals surface area contributed by atoms with Gasteiger partial charge < -0.3 is 0 Å². The molecule has 0 bridgehead atoms. The van der Waals surface area contributed by atoms with Gasteiger partial charge in [0.1, 0.15) is 11.6 Å². The van der Waals surface area contributed by atoms with E-state index in [-0.39, 0.29) is 11.1 Å². The zero-order valence-electron chi connectivity index (χ0n) is 14.6. The Balaban J connectivity index is 2.20. The molecule has 2 heterocycles. The van der Waals surface area contributed by atoms with Gasteiger partial charge in [0.05, 0.1) is 21.8 Å². The van der Waals surface area contributed by atoms with Crippen molar-refractivity contribution in [1.29, 1.82) is 0 Å². The molecule has 4 aromatic rings. The zero-order valence-corrected chi connectivity index (χ0v) is 14.6. The largest absolute Gasteiger partial charge is 0.280 e. The minimum Gasteiger partial charge on any atom is -0.267 e. The number of benzene rings is 2. The molecule has 0 aliphatic rings. The summed E-state index contributed by atoms with van der Waals surface area (Å²) in [5, 5.41) is 0.957. The minimum atomic E-state index is -0.263. The van der Waals surface area contributed by atoms with Crippen LogP contribution in [0.2, 0.25) is 0 Å². The molecule has 130 valence electrons. The zero-order chi connectivity index (χ0) is 18.3. The van der Waals surface area contributed by atoms with Crippen LogP contribution in [0.15, 0.2) is 58.1 Å². The maximum absolute atomic E-state index is 13.2. The summed E-state index contributed by atoms with van der Waals surface area (Å²) >= 11 is 0. The van der Waals surface area contributed by atoms with Crippen LogP contribution in [0.3, 0.4) is 0 Å². The van der Waals surface area contributed by atoms with E-state index in [0.29, 0.717) is 46.3 Å². The SMILES string of the molecule is CCc1nc2ccccc2c(=O)n1-n1c(CC)nc2ccccc2c1=O. The van der Waals surface area contributed by atoms with Crippen molar-refractivity contribution in [2.24, 2.45) is 0 Å². The summed E-state index contributed by atoms with van der Waals surface area (Å²) in [4.78, 5) is 35.6. The Morgan fingerprint density at radius 3 is 1.46 bits per heavy atom. The van der Waals surface area contributed by atoms with E-state index in [1.165, 1.54) is 9.35 Å². The monoisotopic (exact) mass is 346 g/mol. The number of rotatable bonds is 3. The van der Waals surface area contributed by atoms with Crippen molar-refractivity contribution in [3.63, 3.8) is 0 Å². The molecule has 0 saturated heterocycles. The molecule has 2 aromatic heterocycles. The standard InChI is InChI=1S/C20H18N4O2/c1-3-17-21-15-11-7-5-9-13(15)19(25)23(17)24-18(4-2)22-16-12-8-6-10-14(16)20(24)26/h5-12H,3-4H2,1-2H3. The first-order chi connectivity index (χ1) is 12.7. The molecule has 0 unspecified atom stereocenters. The average Bonchev–Trinajstić information content (AvgIpc) is 2.68. The Hall–Kier alpha value is -3.28. The third-order valence-corrected chi connectivity index (χ3v) is 4.47. The predicted octanol–water partition coefficient (Wildman–Crippen LogP) is 2.54. The van der Waals surface area contributed by atoms with Crippen LogP contribution in [0, 0.1) is 0 Å². The smallest absolute Gasteiger partial charge is 0.267 e. The lowest BCUT2D eigenvalue weighted by atomic mass is 10.2. The molecule has 0 spiro atoms. The summed E-state index contributed by atoms with van der Waals surface area (Å²) in [6.07, 6.45) is 1.03. The van der Waals surface area contributed by atoms with Crippen LogP contribution >= 0.6 is 0 Å². The average molecular weight is 346 g/mol. The van der Waals surface area contributed by atoms with Gasteiger partial charge >= 0.3 is 0 Å². The van der Waals surface area contributed by atoms with E-state index in [0.717, 1.165) is 0 Å². The molecule has 6 heteroatoms. The molecular weight excluding hydrogens is 328 g/mol. The van der Waals surface area contributed by atoms with Gasteiger partial charge in [0.15, 0.2) is 0 Å². The van der Waals surface area contributed by atoms with Crippen LogP contribution in [0.25, 0.3) is 21.8 Å². The molecular formula is C20H18N4O2. The third-order valence-electron chi connectivity index (χ3n) is 4.47. The first-order valence-electron chi connectivity index (χ1n) is 8.67. The summed E-state index contributed by atoms with van der Waals surface area (Å²) in [6, 6.07) is 14.4. The lowest BCUT2D eigenvalue weighted by Crippen LogP contribution is -2.40. The summed E-state index contributed by atoms with van der Waals surface area (Å²) in [7, 11) is 0. The molecule has 0 fully saturated rings. The van der Waals surface area contributed by atoms with Crippen LogP contribution in [0.4, 0.5) is 0 Å². The van der Waals surface area contributed by atoms with Crippen LogP contribution in [0.5, 0.6) is 0 Å². The molecule has 2 aromatic carbocycles. The number of nitrogens with zero attached hydrogens (tertiary/aromatic N) is 4. The highest BCUT2D eigenvalue weighted by molar-refractivity contribution is 5.78. The number of hydrogen-bond donors (Lipinski definition) is 0. The van der Waals surface area contributed by atoms with E-state index in [1.54, 1.807) is 24.3 Å². The van der Waals surface area contributed by atoms with Gasteiger partial charge in [0.2, 0.25) is 0 Å². The van der Waals surface area contributed by atoms with E-state index in [9.17, 15) is 9.59 Å². The molecule has 0 aliphatic heterocycles. The highest BCUT2D eigenvalue weighted by atomic mass is 16.2. The lowest BCUT2D eigenvalue weighted by molar-refractivity contribution is 0.531. The van der Waals surface area contributed by atoms with Gasteiger partial charge in [0, 0.05) is 12.8 Å². The topological polar surface area (TPSA) is 69.8 Å². The molecule has 0 aliphatic carbocycles. The molecule has 26 heavy (non-hydrogen) atoms. The number of aryl methyl sites for hydroxylation is 2. The van der Waals surface area contributed by atoms with Gasteiger partial charge in [-0.15, -0.1) is 0 Å². The maximum Gasteiger partial charge on any atom is 0.280 e. The second-order valence-corrected chi connectivity index (χ2v) is 6.03. The van der Waals surface area contributed by atoms with Crippen molar-refractivity contribution in [2.75, 3.05) is 0 Å². The first kappa shape index (κ1) is 16.2. The Bertz CT molecular complexity index is 1160. The molecule has 0 radical (unpaired) electrons. The van der Waals surface area contributed by atoms with Gasteiger partial charge in [-0.05, 0) is 24.3 Å². The third kappa shape index (κ3) is 2.34. The van der Waals surface area contributed by atoms with Gasteiger partial charge in [0.25, 0.3) is 11.1 Å². The number of fused-ring (bicyclic) bond motifs is 2. The highest BCUT2D eigenvalue weighted by Crippen LogP contribution is 2.12. The fraction of sp³-hybridized carbons (Fsp3) is 0.200. The lowest BCUT2D eigenvalue weighted by Gasteiger charge is -2.17. The minimum absolute atomic E-state index is 0.263. The van der Waals surface area contributed by atoms with Gasteiger partial charge in [-0.25, -0.2) is 9.97 Å². The van der Waals surface area contributed by atoms with E-state index in [2.05, 4.69) is 9.97 Å². The molecule has 0 N–H and O–H groups in total. The second kappa shape index (κ2) is 6.22. The Morgan fingerprint density at radius 1 is 0.692 bits per heavy atom. The maximum atomic E-state index is 13.2. The van der Waals surface area contributed by atoms with Crippen LogP contribution < -0.4 is 11.1 Å². The number of para-hydroxylation sites is 2. The number of hydrogen-bond acceptors (Lipinski definition) is 4. The van der Waals surface area contributed by atoms with E-state index < -0.39 is 0 Å². The predicted molar refractivity (Wildman–Crippen MR) is 102 cm³/mol.